The van der Waals surface area contributed by atoms with E-state index in [0.717, 1.165) is 44.7 Å². The zero-order chi connectivity index (χ0) is 23.1. The number of ether oxygens (including phenoxy) is 1. The number of benzene rings is 2. The number of rotatable bonds is 7. The third kappa shape index (κ3) is 3.30. The standard InChI is InChI=1S/C27H25N3O3/c1-4-8-19-22(33-15-23(31)29-16(3)5-2)12-11-21-24(19)20-13-14-28-25-17-9-6-7-10-18(17)27(32)30(21)26(20)25/h4,6-7,9-14,16H,1,5,8,15H2,2-3H3,(H,29,31). The summed E-state index contributed by atoms with van der Waals surface area (Å²) >= 11 is 0. The Morgan fingerprint density at radius 1 is 1.18 bits per heavy atom. The Morgan fingerprint density at radius 2 is 1.97 bits per heavy atom. The molecule has 3 heterocycles. The van der Waals surface area contributed by atoms with Gasteiger partial charge in [-0.3, -0.25) is 19.0 Å². The third-order valence-electron chi connectivity index (χ3n) is 6.25. The van der Waals surface area contributed by atoms with Gasteiger partial charge in [0.15, 0.2) is 6.61 Å². The molecule has 1 amide bonds. The van der Waals surface area contributed by atoms with Crippen molar-refractivity contribution in [3.63, 3.8) is 0 Å². The number of amides is 1. The monoisotopic (exact) mass is 439 g/mol. The van der Waals surface area contributed by atoms with E-state index in [2.05, 4.69) is 16.9 Å². The van der Waals surface area contributed by atoms with Gasteiger partial charge in [0.25, 0.3) is 11.5 Å². The van der Waals surface area contributed by atoms with E-state index < -0.39 is 0 Å². The van der Waals surface area contributed by atoms with Crippen molar-refractivity contribution < 1.29 is 9.53 Å². The number of carbonyl (C=O) groups is 1. The number of carbonyl (C=O) groups excluding carboxylic acids is 1. The molecular weight excluding hydrogens is 414 g/mol. The molecule has 166 valence electrons. The maximum atomic E-state index is 13.5. The van der Waals surface area contributed by atoms with Gasteiger partial charge < -0.3 is 10.1 Å². The van der Waals surface area contributed by atoms with E-state index in [-0.39, 0.29) is 24.1 Å². The molecule has 0 fully saturated rings. The topological polar surface area (TPSA) is 72.7 Å². The molecule has 0 spiro atoms. The molecule has 0 saturated heterocycles. The van der Waals surface area contributed by atoms with E-state index in [9.17, 15) is 9.59 Å². The first-order chi connectivity index (χ1) is 16.0. The minimum atomic E-state index is -0.161. The van der Waals surface area contributed by atoms with Gasteiger partial charge in [-0.25, -0.2) is 0 Å². The molecule has 33 heavy (non-hydrogen) atoms. The van der Waals surface area contributed by atoms with E-state index in [1.165, 1.54) is 0 Å². The van der Waals surface area contributed by atoms with Crippen LogP contribution in [0.4, 0.5) is 0 Å². The van der Waals surface area contributed by atoms with Crippen molar-refractivity contribution in [3.05, 3.63) is 77.2 Å². The molecule has 0 aliphatic carbocycles. The highest BCUT2D eigenvalue weighted by atomic mass is 16.5. The van der Waals surface area contributed by atoms with Crippen molar-refractivity contribution in [1.29, 1.82) is 0 Å². The van der Waals surface area contributed by atoms with Crippen LogP contribution in [0.25, 0.3) is 38.1 Å². The number of nitrogens with one attached hydrogen (secondary N) is 1. The maximum absolute atomic E-state index is 13.5. The highest BCUT2D eigenvalue weighted by Crippen LogP contribution is 2.38. The minimum Gasteiger partial charge on any atom is -0.483 e. The summed E-state index contributed by atoms with van der Waals surface area (Å²) in [5.41, 5.74) is 3.22. The Labute approximate surface area is 190 Å². The predicted molar refractivity (Wildman–Crippen MR) is 132 cm³/mol. The van der Waals surface area contributed by atoms with Crippen LogP contribution >= 0.6 is 0 Å². The van der Waals surface area contributed by atoms with Crippen LogP contribution in [0.1, 0.15) is 25.8 Å². The normalized spacial score (nSPS) is 12.5. The fraction of sp³-hybridized carbons (Fsp3) is 0.222. The van der Waals surface area contributed by atoms with Crippen LogP contribution in [-0.4, -0.2) is 27.9 Å². The first-order valence-electron chi connectivity index (χ1n) is 11.2. The van der Waals surface area contributed by atoms with Crippen molar-refractivity contribution in [3.8, 4) is 5.75 Å². The molecule has 1 unspecified atom stereocenters. The number of hydrogen-bond acceptors (Lipinski definition) is 4. The third-order valence-corrected chi connectivity index (χ3v) is 6.25. The Bertz CT molecular complexity index is 1590. The largest absolute Gasteiger partial charge is 0.483 e. The average molecular weight is 440 g/mol. The molecule has 6 heteroatoms. The first-order valence-corrected chi connectivity index (χ1v) is 11.2. The summed E-state index contributed by atoms with van der Waals surface area (Å²) in [6.45, 7) is 7.82. The number of pyridine rings is 2. The lowest BCUT2D eigenvalue weighted by atomic mass is 10.0. The van der Waals surface area contributed by atoms with Gasteiger partial charge in [-0.2, -0.15) is 0 Å². The van der Waals surface area contributed by atoms with Crippen LogP contribution in [0.3, 0.4) is 0 Å². The van der Waals surface area contributed by atoms with Crippen molar-refractivity contribution in [2.45, 2.75) is 32.7 Å². The first kappa shape index (κ1) is 20.9. The SMILES string of the molecule is C=CCc1c(OCC(=O)NC(C)CC)ccc2c1c1ccnc3c4ccccc4c(=O)n2c13. The summed E-state index contributed by atoms with van der Waals surface area (Å²) in [4.78, 5) is 30.4. The highest BCUT2D eigenvalue weighted by Gasteiger charge is 2.21. The van der Waals surface area contributed by atoms with Crippen molar-refractivity contribution >= 4 is 44.0 Å². The lowest BCUT2D eigenvalue weighted by molar-refractivity contribution is -0.123. The van der Waals surface area contributed by atoms with Gasteiger partial charge in [0.2, 0.25) is 0 Å². The smallest absolute Gasteiger partial charge is 0.263 e. The van der Waals surface area contributed by atoms with E-state index in [1.54, 1.807) is 10.6 Å². The molecule has 0 aliphatic rings. The molecule has 1 N–H and O–H groups in total. The van der Waals surface area contributed by atoms with E-state index in [1.807, 2.05) is 62.4 Å². The van der Waals surface area contributed by atoms with Crippen molar-refractivity contribution in [2.24, 2.45) is 0 Å². The van der Waals surface area contributed by atoms with Crippen LogP contribution in [0.15, 0.2) is 66.1 Å². The molecule has 3 aromatic heterocycles. The van der Waals surface area contributed by atoms with Gasteiger partial charge >= 0.3 is 0 Å². The van der Waals surface area contributed by atoms with Crippen LogP contribution < -0.4 is 15.6 Å². The van der Waals surface area contributed by atoms with Crippen LogP contribution in [-0.2, 0) is 11.2 Å². The lowest BCUT2D eigenvalue weighted by Gasteiger charge is -2.14. The van der Waals surface area contributed by atoms with Gasteiger partial charge in [-0.1, -0.05) is 31.2 Å². The Morgan fingerprint density at radius 3 is 2.73 bits per heavy atom. The molecule has 6 nitrogen and oxygen atoms in total. The van der Waals surface area contributed by atoms with Gasteiger partial charge in [0.1, 0.15) is 5.75 Å². The summed E-state index contributed by atoms with van der Waals surface area (Å²) in [7, 11) is 0. The number of fused-ring (bicyclic) bond motifs is 5. The Kier molecular flexibility index (Phi) is 5.21. The van der Waals surface area contributed by atoms with Gasteiger partial charge in [-0.05, 0) is 44.0 Å². The second kappa shape index (κ2) is 8.20. The molecule has 2 aromatic carbocycles. The van der Waals surface area contributed by atoms with Gasteiger partial charge in [-0.15, -0.1) is 6.58 Å². The number of aromatic nitrogens is 2. The molecule has 0 saturated carbocycles. The second-order valence-electron chi connectivity index (χ2n) is 8.34. The highest BCUT2D eigenvalue weighted by molar-refractivity contribution is 6.19. The summed E-state index contributed by atoms with van der Waals surface area (Å²) < 4.78 is 7.71. The summed E-state index contributed by atoms with van der Waals surface area (Å²) in [5, 5.41) is 6.26. The van der Waals surface area contributed by atoms with Crippen LogP contribution in [0.5, 0.6) is 5.75 Å². The summed E-state index contributed by atoms with van der Waals surface area (Å²) in [5.74, 6) is 0.454. The van der Waals surface area contributed by atoms with E-state index in [0.29, 0.717) is 17.6 Å². The molecule has 0 aliphatic heterocycles. The lowest BCUT2D eigenvalue weighted by Crippen LogP contribution is -2.35. The molecule has 0 bridgehead atoms. The number of hydrogen-bond donors (Lipinski definition) is 1. The van der Waals surface area contributed by atoms with Crippen molar-refractivity contribution in [1.82, 2.24) is 14.7 Å². The Balaban J connectivity index is 1.75. The Hall–Kier alpha value is -3.93. The van der Waals surface area contributed by atoms with Gasteiger partial charge in [0.05, 0.1) is 16.6 Å². The molecular formula is C27H25N3O3. The molecule has 0 radical (unpaired) electrons. The van der Waals surface area contributed by atoms with E-state index in [4.69, 9.17) is 4.74 Å². The quantitative estimate of drug-likeness (QED) is 0.297. The predicted octanol–water partition coefficient (Wildman–Crippen LogP) is 4.61. The van der Waals surface area contributed by atoms with E-state index >= 15 is 0 Å². The maximum Gasteiger partial charge on any atom is 0.263 e. The zero-order valence-corrected chi connectivity index (χ0v) is 18.7. The van der Waals surface area contributed by atoms with Crippen molar-refractivity contribution in [2.75, 3.05) is 6.61 Å². The molecule has 5 aromatic rings. The zero-order valence-electron chi connectivity index (χ0n) is 18.7. The van der Waals surface area contributed by atoms with Gasteiger partial charge in [0, 0.05) is 39.3 Å². The molecule has 5 rings (SSSR count). The summed E-state index contributed by atoms with van der Waals surface area (Å²) in [6.07, 6.45) is 4.98. The molecule has 1 atom stereocenters. The second-order valence-corrected chi connectivity index (χ2v) is 8.34. The minimum absolute atomic E-state index is 0.0720. The number of nitrogens with zero attached hydrogens (tertiary/aromatic N) is 2. The number of allylic oxidation sites excluding steroid dienone is 1. The fourth-order valence-corrected chi connectivity index (χ4v) is 4.55. The fourth-order valence-electron chi connectivity index (χ4n) is 4.55. The average Bonchev–Trinajstić information content (AvgIpc) is 3.17. The van der Waals surface area contributed by atoms with Crippen LogP contribution in [0, 0.1) is 0 Å². The summed E-state index contributed by atoms with van der Waals surface area (Å²) in [6, 6.07) is 13.3. The van der Waals surface area contributed by atoms with Crippen LogP contribution in [0.2, 0.25) is 0 Å².